The topological polar surface area (TPSA) is 48.9 Å². The number of piperidine rings is 1. The van der Waals surface area contributed by atoms with Crippen LogP contribution in [0.5, 0.6) is 5.75 Å². The molecule has 146 valence electrons. The molecule has 1 saturated heterocycles. The first kappa shape index (κ1) is 21.3. The van der Waals surface area contributed by atoms with Gasteiger partial charge in [-0.25, -0.2) is 0 Å². The number of nitrogens with one attached hydrogen (secondary N) is 2. The van der Waals surface area contributed by atoms with E-state index in [4.69, 9.17) is 4.74 Å². The second-order valence-electron chi connectivity index (χ2n) is 7.34. The van der Waals surface area contributed by atoms with Crippen LogP contribution in [0.2, 0.25) is 0 Å². The minimum absolute atomic E-state index is 0. The van der Waals surface area contributed by atoms with E-state index in [0.717, 1.165) is 43.2 Å². The van der Waals surface area contributed by atoms with E-state index in [2.05, 4.69) is 32.7 Å². The number of guanidine groups is 1. The molecule has 5 nitrogen and oxygen atoms in total. The van der Waals surface area contributed by atoms with Crippen LogP contribution in [-0.4, -0.2) is 51.2 Å². The summed E-state index contributed by atoms with van der Waals surface area (Å²) in [7, 11) is 3.57. The molecule has 1 aliphatic heterocycles. The summed E-state index contributed by atoms with van der Waals surface area (Å²) in [6.45, 7) is 5.48. The van der Waals surface area contributed by atoms with Gasteiger partial charge in [0, 0.05) is 26.7 Å². The molecule has 26 heavy (non-hydrogen) atoms. The van der Waals surface area contributed by atoms with Gasteiger partial charge in [-0.2, -0.15) is 0 Å². The van der Waals surface area contributed by atoms with E-state index in [9.17, 15) is 0 Å². The van der Waals surface area contributed by atoms with Crippen molar-refractivity contribution in [1.82, 2.24) is 15.5 Å². The predicted octanol–water partition coefficient (Wildman–Crippen LogP) is 3.10. The molecule has 2 N–H and O–H groups in total. The largest absolute Gasteiger partial charge is 0.497 e. The minimum atomic E-state index is 0. The molecule has 2 fully saturated rings. The summed E-state index contributed by atoms with van der Waals surface area (Å²) >= 11 is 0. The second-order valence-corrected chi connectivity index (χ2v) is 7.34. The van der Waals surface area contributed by atoms with Gasteiger partial charge in [0.15, 0.2) is 5.96 Å². The Morgan fingerprint density at radius 2 is 1.62 bits per heavy atom. The molecule has 2 aliphatic rings. The fourth-order valence-electron chi connectivity index (χ4n) is 3.36. The third-order valence-electron chi connectivity index (χ3n) is 5.31. The average Bonchev–Trinajstić information content (AvgIpc) is 3.48. The van der Waals surface area contributed by atoms with Crippen LogP contribution >= 0.6 is 24.0 Å². The maximum Gasteiger partial charge on any atom is 0.190 e. The summed E-state index contributed by atoms with van der Waals surface area (Å²) in [5, 5.41) is 6.95. The normalized spacial score (nSPS) is 18.9. The summed E-state index contributed by atoms with van der Waals surface area (Å²) in [4.78, 5) is 6.88. The number of hydrogen-bond acceptors (Lipinski definition) is 3. The van der Waals surface area contributed by atoms with Crippen molar-refractivity contribution in [2.75, 3.05) is 40.3 Å². The van der Waals surface area contributed by atoms with E-state index >= 15 is 0 Å². The molecule has 1 aliphatic carbocycles. The molecule has 3 rings (SSSR count). The van der Waals surface area contributed by atoms with Gasteiger partial charge in [-0.1, -0.05) is 12.1 Å². The van der Waals surface area contributed by atoms with Gasteiger partial charge in [0.25, 0.3) is 0 Å². The van der Waals surface area contributed by atoms with Gasteiger partial charge < -0.3 is 15.4 Å². The highest BCUT2D eigenvalue weighted by molar-refractivity contribution is 14.0. The molecule has 1 saturated carbocycles. The molecule has 0 atom stereocenters. The van der Waals surface area contributed by atoms with E-state index in [0.29, 0.717) is 0 Å². The first-order valence-corrected chi connectivity index (χ1v) is 9.56. The Labute approximate surface area is 175 Å². The zero-order chi connectivity index (χ0) is 17.5. The first-order chi connectivity index (χ1) is 12.3. The molecule has 0 aromatic heterocycles. The molecule has 0 spiro atoms. The van der Waals surface area contributed by atoms with Gasteiger partial charge in [0.2, 0.25) is 0 Å². The summed E-state index contributed by atoms with van der Waals surface area (Å²) in [5.41, 5.74) is 1.36. The number of aliphatic imine (C=N–C) groups is 1. The van der Waals surface area contributed by atoms with Crippen molar-refractivity contribution >= 4 is 29.9 Å². The van der Waals surface area contributed by atoms with E-state index in [1.807, 2.05) is 19.2 Å². The lowest BCUT2D eigenvalue weighted by Crippen LogP contribution is -2.43. The van der Waals surface area contributed by atoms with Crippen LogP contribution in [0.25, 0.3) is 0 Å². The van der Waals surface area contributed by atoms with Gasteiger partial charge in [0.05, 0.1) is 7.11 Å². The fourth-order valence-corrected chi connectivity index (χ4v) is 3.36. The Morgan fingerprint density at radius 1 is 1.04 bits per heavy atom. The standard InChI is InChI=1S/C20H32N4O.HI/c1-21-20(22-13-16-3-4-16)23-14-17-9-11-24(12-10-17)15-18-5-7-19(25-2)8-6-18;/h5-8,16-17H,3-4,9-15H2,1-2H3,(H2,21,22,23);1H. The first-order valence-electron chi connectivity index (χ1n) is 9.56. The van der Waals surface area contributed by atoms with Crippen molar-refractivity contribution in [1.29, 1.82) is 0 Å². The summed E-state index contributed by atoms with van der Waals surface area (Å²) in [5.74, 6) is 3.51. The van der Waals surface area contributed by atoms with Crippen molar-refractivity contribution in [2.45, 2.75) is 32.2 Å². The Hall–Kier alpha value is -1.02. The Balaban J connectivity index is 0.00000243. The zero-order valence-electron chi connectivity index (χ0n) is 16.0. The number of benzene rings is 1. The molecule has 0 radical (unpaired) electrons. The van der Waals surface area contributed by atoms with E-state index in [1.54, 1.807) is 7.11 Å². The molecule has 0 amide bonds. The average molecular weight is 472 g/mol. The lowest BCUT2D eigenvalue weighted by Gasteiger charge is -2.32. The van der Waals surface area contributed by atoms with E-state index < -0.39 is 0 Å². The molecule has 0 unspecified atom stereocenters. The van der Waals surface area contributed by atoms with Crippen LogP contribution in [0.15, 0.2) is 29.3 Å². The highest BCUT2D eigenvalue weighted by atomic mass is 127. The Bertz CT molecular complexity index is 551. The third kappa shape index (κ3) is 6.95. The van der Waals surface area contributed by atoms with Crippen LogP contribution in [-0.2, 0) is 6.54 Å². The van der Waals surface area contributed by atoms with Gasteiger partial charge in [-0.3, -0.25) is 9.89 Å². The Morgan fingerprint density at radius 3 is 2.12 bits per heavy atom. The zero-order valence-corrected chi connectivity index (χ0v) is 18.4. The molecule has 0 bridgehead atoms. The quantitative estimate of drug-likeness (QED) is 0.364. The Kier molecular flexibility index (Phi) is 8.98. The molecule has 1 aromatic rings. The summed E-state index contributed by atoms with van der Waals surface area (Å²) in [6.07, 6.45) is 5.25. The smallest absolute Gasteiger partial charge is 0.190 e. The van der Waals surface area contributed by atoms with Crippen molar-refractivity contribution in [3.05, 3.63) is 29.8 Å². The van der Waals surface area contributed by atoms with Crippen LogP contribution < -0.4 is 15.4 Å². The van der Waals surface area contributed by atoms with Crippen LogP contribution in [0, 0.1) is 11.8 Å². The monoisotopic (exact) mass is 472 g/mol. The lowest BCUT2D eigenvalue weighted by molar-refractivity contribution is 0.178. The van der Waals surface area contributed by atoms with Gasteiger partial charge in [-0.15, -0.1) is 24.0 Å². The van der Waals surface area contributed by atoms with Crippen molar-refractivity contribution in [3.8, 4) is 5.75 Å². The maximum atomic E-state index is 5.23. The van der Waals surface area contributed by atoms with E-state index in [1.165, 1.54) is 44.3 Å². The number of nitrogens with zero attached hydrogens (tertiary/aromatic N) is 2. The molecule has 6 heteroatoms. The molecule has 1 heterocycles. The minimum Gasteiger partial charge on any atom is -0.497 e. The lowest BCUT2D eigenvalue weighted by atomic mass is 9.96. The molecule has 1 aromatic carbocycles. The number of methoxy groups -OCH3 is 1. The second kappa shape index (κ2) is 11.0. The SMILES string of the molecule is CN=C(NCC1CC1)NCC1CCN(Cc2ccc(OC)cc2)CC1.I. The highest BCUT2D eigenvalue weighted by Crippen LogP contribution is 2.27. The third-order valence-corrected chi connectivity index (χ3v) is 5.31. The number of rotatable bonds is 7. The number of likely N-dealkylation sites (tertiary alicyclic amines) is 1. The highest BCUT2D eigenvalue weighted by Gasteiger charge is 2.22. The van der Waals surface area contributed by atoms with Gasteiger partial charge >= 0.3 is 0 Å². The van der Waals surface area contributed by atoms with Crippen LogP contribution in [0.3, 0.4) is 0 Å². The number of ether oxygens (including phenoxy) is 1. The number of halogens is 1. The van der Waals surface area contributed by atoms with Crippen molar-refractivity contribution in [3.63, 3.8) is 0 Å². The summed E-state index contributed by atoms with van der Waals surface area (Å²) < 4.78 is 5.23. The fraction of sp³-hybridized carbons (Fsp3) is 0.650. The van der Waals surface area contributed by atoms with Gasteiger partial charge in [-0.05, 0) is 68.3 Å². The predicted molar refractivity (Wildman–Crippen MR) is 118 cm³/mol. The van der Waals surface area contributed by atoms with Crippen molar-refractivity contribution < 1.29 is 4.74 Å². The molecular weight excluding hydrogens is 439 g/mol. The van der Waals surface area contributed by atoms with Crippen molar-refractivity contribution in [2.24, 2.45) is 16.8 Å². The molecular formula is C20H33IN4O. The van der Waals surface area contributed by atoms with Gasteiger partial charge in [0.1, 0.15) is 5.75 Å². The summed E-state index contributed by atoms with van der Waals surface area (Å²) in [6, 6.07) is 8.43. The van der Waals surface area contributed by atoms with E-state index in [-0.39, 0.29) is 24.0 Å². The van der Waals surface area contributed by atoms with Crippen LogP contribution in [0.1, 0.15) is 31.2 Å². The maximum absolute atomic E-state index is 5.23. The number of hydrogen-bond donors (Lipinski definition) is 2. The van der Waals surface area contributed by atoms with Crippen LogP contribution in [0.4, 0.5) is 0 Å².